The van der Waals surface area contributed by atoms with Crippen molar-refractivity contribution in [3.05, 3.63) is 0 Å². The molecule has 17 heavy (non-hydrogen) atoms. The highest BCUT2D eigenvalue weighted by Crippen LogP contribution is 2.16. The molecule has 0 spiro atoms. The summed E-state index contributed by atoms with van der Waals surface area (Å²) in [5.41, 5.74) is 0. The molecular weight excluding hydrogens is 240 g/mol. The van der Waals surface area contributed by atoms with Gasteiger partial charge < -0.3 is 10.1 Å². The minimum absolute atomic E-state index is 0.0892. The van der Waals surface area contributed by atoms with Gasteiger partial charge in [-0.25, -0.2) is 12.7 Å². The molecule has 0 amide bonds. The molecule has 0 radical (unpaired) electrons. The first kappa shape index (κ1) is 13.3. The van der Waals surface area contributed by atoms with Crippen LogP contribution in [0, 0.1) is 0 Å². The molecule has 2 heterocycles. The van der Waals surface area contributed by atoms with Crippen LogP contribution in [0.5, 0.6) is 0 Å². The molecule has 0 saturated carbocycles. The van der Waals surface area contributed by atoms with Gasteiger partial charge in [-0.05, 0) is 32.2 Å². The van der Waals surface area contributed by atoms with E-state index in [-0.39, 0.29) is 17.9 Å². The van der Waals surface area contributed by atoms with Gasteiger partial charge >= 0.3 is 0 Å². The number of nitrogens with zero attached hydrogens (tertiary/aromatic N) is 1. The van der Waals surface area contributed by atoms with Gasteiger partial charge in [-0.3, -0.25) is 0 Å². The lowest BCUT2D eigenvalue weighted by Crippen LogP contribution is -2.40. The molecule has 0 aliphatic carbocycles. The number of ether oxygens (including phenoxy) is 1. The number of sulfonamides is 1. The van der Waals surface area contributed by atoms with E-state index in [0.29, 0.717) is 6.54 Å². The fourth-order valence-corrected chi connectivity index (χ4v) is 3.91. The topological polar surface area (TPSA) is 58.6 Å². The van der Waals surface area contributed by atoms with E-state index in [4.69, 9.17) is 4.74 Å². The van der Waals surface area contributed by atoms with Gasteiger partial charge in [-0.2, -0.15) is 0 Å². The SMILES string of the molecule is CN(CC1CCCO1)S(=O)(=O)CC1CCCN1. The van der Waals surface area contributed by atoms with E-state index in [2.05, 4.69) is 5.32 Å². The van der Waals surface area contributed by atoms with Gasteiger partial charge in [0, 0.05) is 26.2 Å². The first-order chi connectivity index (χ1) is 8.08. The highest BCUT2D eigenvalue weighted by Gasteiger charge is 2.28. The fraction of sp³-hybridized carbons (Fsp3) is 1.00. The molecule has 0 aromatic rings. The summed E-state index contributed by atoms with van der Waals surface area (Å²) in [6.07, 6.45) is 4.15. The van der Waals surface area contributed by atoms with Crippen molar-refractivity contribution in [2.45, 2.75) is 37.8 Å². The Labute approximate surface area is 104 Å². The lowest BCUT2D eigenvalue weighted by Gasteiger charge is -2.22. The van der Waals surface area contributed by atoms with E-state index in [9.17, 15) is 8.42 Å². The molecule has 2 aliphatic rings. The molecule has 2 rings (SSSR count). The number of hydrogen-bond acceptors (Lipinski definition) is 4. The predicted octanol–water partition coefficient (Wildman–Crippen LogP) is 0.179. The average molecular weight is 262 g/mol. The van der Waals surface area contributed by atoms with E-state index in [1.165, 1.54) is 4.31 Å². The van der Waals surface area contributed by atoms with Crippen molar-refractivity contribution in [1.29, 1.82) is 0 Å². The Morgan fingerprint density at radius 2 is 2.18 bits per heavy atom. The van der Waals surface area contributed by atoms with Gasteiger partial charge in [0.15, 0.2) is 0 Å². The van der Waals surface area contributed by atoms with Crippen LogP contribution in [0.15, 0.2) is 0 Å². The molecule has 0 aromatic carbocycles. The monoisotopic (exact) mass is 262 g/mol. The maximum absolute atomic E-state index is 12.1. The Morgan fingerprint density at radius 3 is 2.76 bits per heavy atom. The molecule has 2 aliphatic heterocycles. The third kappa shape index (κ3) is 3.64. The summed E-state index contributed by atoms with van der Waals surface area (Å²) in [5.74, 6) is 0.218. The zero-order valence-corrected chi connectivity index (χ0v) is 11.2. The fourth-order valence-electron chi connectivity index (χ4n) is 2.47. The number of nitrogens with one attached hydrogen (secondary N) is 1. The summed E-state index contributed by atoms with van der Waals surface area (Å²) in [5, 5.41) is 3.22. The number of likely N-dealkylation sites (N-methyl/N-ethyl adjacent to an activating group) is 1. The summed E-state index contributed by atoms with van der Waals surface area (Å²) in [4.78, 5) is 0. The van der Waals surface area contributed by atoms with E-state index in [1.807, 2.05) is 0 Å². The smallest absolute Gasteiger partial charge is 0.215 e. The van der Waals surface area contributed by atoms with Crippen molar-refractivity contribution >= 4 is 10.0 Å². The molecule has 2 unspecified atom stereocenters. The molecular formula is C11H22N2O3S. The van der Waals surface area contributed by atoms with Gasteiger partial charge in [0.1, 0.15) is 0 Å². The molecule has 100 valence electrons. The van der Waals surface area contributed by atoms with Gasteiger partial charge in [0.05, 0.1) is 11.9 Å². The van der Waals surface area contributed by atoms with Crippen molar-refractivity contribution in [2.75, 3.05) is 32.5 Å². The van der Waals surface area contributed by atoms with Crippen LogP contribution in [0.2, 0.25) is 0 Å². The van der Waals surface area contributed by atoms with Gasteiger partial charge in [-0.1, -0.05) is 0 Å². The Bertz CT molecular complexity index is 333. The predicted molar refractivity (Wildman–Crippen MR) is 66.4 cm³/mol. The summed E-state index contributed by atoms with van der Waals surface area (Å²) in [6.45, 7) is 2.20. The van der Waals surface area contributed by atoms with Crippen LogP contribution in [0.1, 0.15) is 25.7 Å². The van der Waals surface area contributed by atoms with E-state index in [1.54, 1.807) is 7.05 Å². The number of rotatable bonds is 5. The second-order valence-electron chi connectivity index (χ2n) is 4.99. The highest BCUT2D eigenvalue weighted by molar-refractivity contribution is 7.89. The maximum Gasteiger partial charge on any atom is 0.215 e. The highest BCUT2D eigenvalue weighted by atomic mass is 32.2. The van der Waals surface area contributed by atoms with Crippen LogP contribution < -0.4 is 5.32 Å². The zero-order chi connectivity index (χ0) is 12.3. The molecule has 0 aromatic heterocycles. The molecule has 2 atom stereocenters. The molecule has 2 fully saturated rings. The third-order valence-electron chi connectivity index (χ3n) is 3.53. The Hall–Kier alpha value is -0.170. The summed E-state index contributed by atoms with van der Waals surface area (Å²) in [6, 6.07) is 0.131. The Balaban J connectivity index is 1.84. The van der Waals surface area contributed by atoms with E-state index >= 15 is 0 Å². The summed E-state index contributed by atoms with van der Waals surface area (Å²) < 4.78 is 31.1. The molecule has 0 bridgehead atoms. The van der Waals surface area contributed by atoms with Crippen LogP contribution in [-0.4, -0.2) is 57.4 Å². The van der Waals surface area contributed by atoms with Crippen molar-refractivity contribution < 1.29 is 13.2 Å². The van der Waals surface area contributed by atoms with Crippen molar-refractivity contribution in [3.63, 3.8) is 0 Å². The molecule has 1 N–H and O–H groups in total. The third-order valence-corrected chi connectivity index (χ3v) is 5.46. The normalized spacial score (nSPS) is 30.2. The van der Waals surface area contributed by atoms with Crippen LogP contribution in [-0.2, 0) is 14.8 Å². The van der Waals surface area contributed by atoms with Crippen LogP contribution in [0.4, 0.5) is 0 Å². The quantitative estimate of drug-likeness (QED) is 0.768. The van der Waals surface area contributed by atoms with Gasteiger partial charge in [0.2, 0.25) is 10.0 Å². The van der Waals surface area contributed by atoms with E-state index in [0.717, 1.165) is 38.8 Å². The lowest BCUT2D eigenvalue weighted by atomic mass is 10.2. The average Bonchev–Trinajstić information content (AvgIpc) is 2.90. The van der Waals surface area contributed by atoms with Crippen LogP contribution in [0.25, 0.3) is 0 Å². The lowest BCUT2D eigenvalue weighted by molar-refractivity contribution is 0.0978. The molecule has 2 saturated heterocycles. The van der Waals surface area contributed by atoms with Crippen molar-refractivity contribution in [2.24, 2.45) is 0 Å². The Morgan fingerprint density at radius 1 is 1.35 bits per heavy atom. The van der Waals surface area contributed by atoms with Crippen molar-refractivity contribution in [3.8, 4) is 0 Å². The summed E-state index contributed by atoms with van der Waals surface area (Å²) in [7, 11) is -1.48. The van der Waals surface area contributed by atoms with Crippen molar-refractivity contribution in [1.82, 2.24) is 9.62 Å². The molecule has 6 heteroatoms. The summed E-state index contributed by atoms with van der Waals surface area (Å²) >= 11 is 0. The maximum atomic E-state index is 12.1. The second-order valence-corrected chi connectivity index (χ2v) is 7.11. The molecule has 5 nitrogen and oxygen atoms in total. The minimum Gasteiger partial charge on any atom is -0.377 e. The zero-order valence-electron chi connectivity index (χ0n) is 10.4. The van der Waals surface area contributed by atoms with Crippen LogP contribution in [0.3, 0.4) is 0 Å². The first-order valence-corrected chi connectivity index (χ1v) is 7.98. The second kappa shape index (κ2) is 5.65. The largest absolute Gasteiger partial charge is 0.377 e. The minimum atomic E-state index is -3.14. The Kier molecular flexibility index (Phi) is 4.41. The van der Waals surface area contributed by atoms with Gasteiger partial charge in [-0.15, -0.1) is 0 Å². The van der Waals surface area contributed by atoms with E-state index < -0.39 is 10.0 Å². The standard InChI is InChI=1S/C11H22N2O3S/c1-13(8-11-5-3-7-16-11)17(14,15)9-10-4-2-6-12-10/h10-12H,2-9H2,1H3. The van der Waals surface area contributed by atoms with Crippen LogP contribution >= 0.6 is 0 Å². The first-order valence-electron chi connectivity index (χ1n) is 6.37. The van der Waals surface area contributed by atoms with Gasteiger partial charge in [0.25, 0.3) is 0 Å². The number of hydrogen-bond donors (Lipinski definition) is 1.